The van der Waals surface area contributed by atoms with Gasteiger partial charge in [-0.25, -0.2) is 4.98 Å². The van der Waals surface area contributed by atoms with Crippen molar-refractivity contribution in [3.63, 3.8) is 0 Å². The van der Waals surface area contributed by atoms with Crippen LogP contribution in [0.1, 0.15) is 42.9 Å². The second-order valence-corrected chi connectivity index (χ2v) is 7.65. The molecule has 0 bridgehead atoms. The summed E-state index contributed by atoms with van der Waals surface area (Å²) in [5, 5.41) is 14.3. The molecule has 0 aliphatic heterocycles. The number of carbonyl (C=O) groups is 1. The molecule has 2 heterocycles. The van der Waals surface area contributed by atoms with Crippen molar-refractivity contribution < 1.29 is 4.79 Å². The summed E-state index contributed by atoms with van der Waals surface area (Å²) in [6, 6.07) is 13.6. The van der Waals surface area contributed by atoms with Crippen LogP contribution in [0.5, 0.6) is 0 Å². The van der Waals surface area contributed by atoms with Gasteiger partial charge < -0.3 is 5.32 Å². The van der Waals surface area contributed by atoms with Crippen LogP contribution in [-0.4, -0.2) is 15.9 Å². The smallest absolute Gasteiger partial charge is 0.229 e. The van der Waals surface area contributed by atoms with Crippen molar-refractivity contribution in [2.45, 2.75) is 31.6 Å². The van der Waals surface area contributed by atoms with E-state index in [1.807, 2.05) is 43.3 Å². The third-order valence-corrected chi connectivity index (χ3v) is 5.54. The van der Waals surface area contributed by atoms with Gasteiger partial charge >= 0.3 is 0 Å². The summed E-state index contributed by atoms with van der Waals surface area (Å²) in [6.07, 6.45) is 4.67. The number of hydrogen-bond acceptors (Lipinski definition) is 4. The monoisotopic (exact) mass is 390 g/mol. The molecule has 0 radical (unpaired) electrons. The highest BCUT2D eigenvalue weighted by Gasteiger charge is 2.44. The second kappa shape index (κ2) is 7.57. The molecule has 28 heavy (non-hydrogen) atoms. The first-order valence-corrected chi connectivity index (χ1v) is 9.62. The summed E-state index contributed by atoms with van der Waals surface area (Å²) in [6.45, 7) is 1.98. The maximum atomic E-state index is 12.6. The Balaban J connectivity index is 1.52. The topological polar surface area (TPSA) is 78.7 Å². The van der Waals surface area contributed by atoms with Crippen LogP contribution in [0.15, 0.2) is 48.8 Å². The number of halogens is 1. The van der Waals surface area contributed by atoms with E-state index in [2.05, 4.69) is 21.4 Å². The van der Waals surface area contributed by atoms with Gasteiger partial charge in [-0.05, 0) is 53.6 Å². The molecule has 0 spiro atoms. The fourth-order valence-corrected chi connectivity index (χ4v) is 3.86. The van der Waals surface area contributed by atoms with Gasteiger partial charge in [-0.1, -0.05) is 24.6 Å². The van der Waals surface area contributed by atoms with Crippen LogP contribution >= 0.6 is 11.6 Å². The fraction of sp³-hybridized carbons (Fsp3) is 0.273. The van der Waals surface area contributed by atoms with Crippen molar-refractivity contribution in [2.24, 2.45) is 5.92 Å². The van der Waals surface area contributed by atoms with E-state index in [0.29, 0.717) is 17.3 Å². The van der Waals surface area contributed by atoms with Crippen LogP contribution in [0.4, 0.5) is 5.82 Å². The maximum Gasteiger partial charge on any atom is 0.229 e. The molecule has 1 fully saturated rings. The van der Waals surface area contributed by atoms with E-state index in [9.17, 15) is 4.79 Å². The Kier molecular flexibility index (Phi) is 4.97. The van der Waals surface area contributed by atoms with Gasteiger partial charge in [-0.2, -0.15) is 5.26 Å². The number of fused-ring (bicyclic) bond motifs is 1. The summed E-state index contributed by atoms with van der Waals surface area (Å²) < 4.78 is 0. The lowest BCUT2D eigenvalue weighted by molar-refractivity contribution is -0.117. The van der Waals surface area contributed by atoms with E-state index in [1.54, 1.807) is 12.4 Å². The molecular formula is C22H19ClN4O. The van der Waals surface area contributed by atoms with Crippen molar-refractivity contribution in [2.75, 3.05) is 5.32 Å². The molecule has 4 rings (SSSR count). The number of anilines is 1. The zero-order valence-corrected chi connectivity index (χ0v) is 16.1. The first kappa shape index (κ1) is 18.4. The predicted molar refractivity (Wildman–Crippen MR) is 109 cm³/mol. The molecule has 2 aromatic heterocycles. The number of amides is 1. The molecule has 3 unspecified atom stereocenters. The zero-order chi connectivity index (χ0) is 19.7. The fourth-order valence-electron chi connectivity index (χ4n) is 3.50. The Morgan fingerprint density at radius 1 is 1.32 bits per heavy atom. The molecule has 3 aromatic rings. The minimum atomic E-state index is -0.0659. The van der Waals surface area contributed by atoms with E-state index >= 15 is 0 Å². The van der Waals surface area contributed by atoms with E-state index in [1.165, 1.54) is 0 Å². The third-order valence-electron chi connectivity index (χ3n) is 5.21. The standard InChI is InChI=1S/C22H19ClN4O/c1-13(5-6-24)16-8-14-10-21(26-12-15(14)9-19(16)23)27-22(28)18-11-17(18)20-4-2-3-7-25-20/h2-4,7-10,12-13,17-18H,5,11H2,1H3,(H,26,27,28). The Labute approximate surface area is 168 Å². The SMILES string of the molecule is CC(CC#N)c1cc2cc(NC(=O)C3CC3c3ccccn3)ncc2cc1Cl. The second-order valence-electron chi connectivity index (χ2n) is 7.25. The minimum Gasteiger partial charge on any atom is -0.310 e. The van der Waals surface area contributed by atoms with Crippen LogP contribution in [0.25, 0.3) is 10.8 Å². The molecule has 6 heteroatoms. The minimum absolute atomic E-state index is 0.0328. The Bertz CT molecular complexity index is 1080. The van der Waals surface area contributed by atoms with Crippen LogP contribution in [0, 0.1) is 17.2 Å². The molecule has 1 aliphatic carbocycles. The Hall–Kier alpha value is -2.97. The van der Waals surface area contributed by atoms with Gasteiger partial charge in [0.15, 0.2) is 0 Å². The molecule has 1 N–H and O–H groups in total. The van der Waals surface area contributed by atoms with Crippen molar-refractivity contribution >= 4 is 34.1 Å². The van der Waals surface area contributed by atoms with Crippen LogP contribution in [0.2, 0.25) is 5.02 Å². The van der Waals surface area contributed by atoms with Gasteiger partial charge in [0.1, 0.15) is 5.82 Å². The first-order chi connectivity index (χ1) is 13.6. The predicted octanol–water partition coefficient (Wildman–Crippen LogP) is 5.04. The molecule has 1 aliphatic rings. The van der Waals surface area contributed by atoms with E-state index in [4.69, 9.17) is 16.9 Å². The number of benzene rings is 1. The summed E-state index contributed by atoms with van der Waals surface area (Å²) in [5.41, 5.74) is 1.89. The van der Waals surface area contributed by atoms with E-state index in [0.717, 1.165) is 28.5 Å². The highest BCUT2D eigenvalue weighted by Crippen LogP contribution is 2.47. The number of carbonyl (C=O) groups excluding carboxylic acids is 1. The first-order valence-electron chi connectivity index (χ1n) is 9.24. The van der Waals surface area contributed by atoms with E-state index in [-0.39, 0.29) is 23.7 Å². The van der Waals surface area contributed by atoms with Crippen molar-refractivity contribution in [1.29, 1.82) is 5.26 Å². The van der Waals surface area contributed by atoms with Crippen LogP contribution in [0.3, 0.4) is 0 Å². The lowest BCUT2D eigenvalue weighted by atomic mass is 9.96. The van der Waals surface area contributed by atoms with Crippen molar-refractivity contribution in [1.82, 2.24) is 9.97 Å². The van der Waals surface area contributed by atoms with Crippen molar-refractivity contribution in [3.8, 4) is 6.07 Å². The number of nitrogens with zero attached hydrogens (tertiary/aromatic N) is 3. The number of aromatic nitrogens is 2. The molecule has 1 saturated carbocycles. The van der Waals surface area contributed by atoms with Gasteiger partial charge in [-0.15, -0.1) is 0 Å². The van der Waals surface area contributed by atoms with Crippen LogP contribution < -0.4 is 5.32 Å². The summed E-state index contributed by atoms with van der Waals surface area (Å²) >= 11 is 6.37. The average molecular weight is 391 g/mol. The summed E-state index contributed by atoms with van der Waals surface area (Å²) in [5.74, 6) is 0.640. The molecule has 140 valence electrons. The van der Waals surface area contributed by atoms with Gasteiger partial charge in [-0.3, -0.25) is 9.78 Å². The zero-order valence-electron chi connectivity index (χ0n) is 15.4. The van der Waals surface area contributed by atoms with Gasteiger partial charge in [0, 0.05) is 46.8 Å². The summed E-state index contributed by atoms with van der Waals surface area (Å²) in [4.78, 5) is 21.3. The van der Waals surface area contributed by atoms with Gasteiger partial charge in [0.2, 0.25) is 5.91 Å². The van der Waals surface area contributed by atoms with Crippen LogP contribution in [-0.2, 0) is 4.79 Å². The number of hydrogen-bond donors (Lipinski definition) is 1. The largest absolute Gasteiger partial charge is 0.310 e. The molecule has 1 amide bonds. The van der Waals surface area contributed by atoms with Crippen molar-refractivity contribution in [3.05, 3.63) is 65.1 Å². The quantitative estimate of drug-likeness (QED) is 0.661. The number of nitrogens with one attached hydrogen (secondary N) is 1. The highest BCUT2D eigenvalue weighted by atomic mass is 35.5. The highest BCUT2D eigenvalue weighted by molar-refractivity contribution is 6.32. The lowest BCUT2D eigenvalue weighted by Crippen LogP contribution is -2.15. The molecule has 3 atom stereocenters. The van der Waals surface area contributed by atoms with E-state index < -0.39 is 0 Å². The number of pyridine rings is 2. The number of nitriles is 1. The molecule has 0 saturated heterocycles. The van der Waals surface area contributed by atoms with Gasteiger partial charge in [0.25, 0.3) is 0 Å². The molecule has 1 aromatic carbocycles. The van der Waals surface area contributed by atoms with Gasteiger partial charge in [0.05, 0.1) is 6.07 Å². The Morgan fingerprint density at radius 2 is 2.18 bits per heavy atom. The third kappa shape index (κ3) is 3.69. The average Bonchev–Trinajstić information content (AvgIpc) is 3.49. The normalized spacial score (nSPS) is 19.0. The summed E-state index contributed by atoms with van der Waals surface area (Å²) in [7, 11) is 0. The maximum absolute atomic E-state index is 12.6. The lowest BCUT2D eigenvalue weighted by Gasteiger charge is -2.12. The molecule has 5 nitrogen and oxygen atoms in total. The molecular weight excluding hydrogens is 372 g/mol. The Morgan fingerprint density at radius 3 is 2.93 bits per heavy atom. The number of rotatable bonds is 5.